The maximum atomic E-state index is 12.5. The molecule has 0 aromatic heterocycles. The molecule has 0 heterocycles. The van der Waals surface area contributed by atoms with Crippen molar-refractivity contribution in [2.24, 2.45) is 0 Å². The second-order valence-electron chi connectivity index (χ2n) is 5.99. The average Bonchev–Trinajstić information content (AvgIpc) is 2.62. The number of hydrogen-bond donors (Lipinski definition) is 1. The number of amides is 2. The third-order valence-corrected chi connectivity index (χ3v) is 4.17. The highest BCUT2D eigenvalue weighted by Crippen LogP contribution is 2.29. The van der Waals surface area contributed by atoms with Gasteiger partial charge in [0.2, 0.25) is 11.8 Å². The smallest absolute Gasteiger partial charge is 0.244 e. The molecule has 6 heteroatoms. The summed E-state index contributed by atoms with van der Waals surface area (Å²) in [5, 5.41) is 2.78. The van der Waals surface area contributed by atoms with Gasteiger partial charge in [-0.3, -0.25) is 9.59 Å². The first-order chi connectivity index (χ1) is 12.3. The molecule has 26 heavy (non-hydrogen) atoms. The molecule has 2 rings (SSSR count). The number of benzene rings is 2. The lowest BCUT2D eigenvalue weighted by Gasteiger charge is -2.22. The average molecular weight is 356 g/mol. The zero-order valence-electron chi connectivity index (χ0n) is 15.8. The number of carbonyl (C=O) groups is 2. The van der Waals surface area contributed by atoms with Crippen LogP contribution in [0.1, 0.15) is 18.1 Å². The summed E-state index contributed by atoms with van der Waals surface area (Å²) in [5.74, 6) is 0.589. The molecule has 0 aliphatic heterocycles. The van der Waals surface area contributed by atoms with Crippen molar-refractivity contribution in [3.8, 4) is 11.5 Å². The molecule has 0 aliphatic rings. The van der Waals surface area contributed by atoms with Crippen molar-refractivity contribution in [2.45, 2.75) is 20.8 Å². The van der Waals surface area contributed by atoms with Crippen molar-refractivity contribution in [3.05, 3.63) is 47.5 Å². The Morgan fingerprint density at radius 1 is 1.00 bits per heavy atom. The topological polar surface area (TPSA) is 67.9 Å². The Morgan fingerprint density at radius 3 is 2.31 bits per heavy atom. The Hall–Kier alpha value is -3.02. The summed E-state index contributed by atoms with van der Waals surface area (Å²) in [7, 11) is 3.07. The minimum Gasteiger partial charge on any atom is -0.497 e. The molecule has 0 spiro atoms. The number of nitrogens with zero attached hydrogens (tertiary/aromatic N) is 1. The molecule has 2 aromatic carbocycles. The van der Waals surface area contributed by atoms with E-state index in [1.807, 2.05) is 32.0 Å². The van der Waals surface area contributed by atoms with Gasteiger partial charge in [-0.1, -0.05) is 6.07 Å². The standard InChI is InChI=1S/C20H24N2O4/c1-13-6-7-16(10-14(13)2)22(15(3)23)12-20(24)21-18-9-8-17(25-4)11-19(18)26-5/h6-11H,12H2,1-5H3,(H,21,24). The molecule has 1 N–H and O–H groups in total. The molecule has 0 unspecified atom stereocenters. The number of methoxy groups -OCH3 is 2. The lowest BCUT2D eigenvalue weighted by atomic mass is 10.1. The number of hydrogen-bond acceptors (Lipinski definition) is 4. The van der Waals surface area contributed by atoms with Gasteiger partial charge < -0.3 is 19.7 Å². The number of nitrogens with one attached hydrogen (secondary N) is 1. The summed E-state index contributed by atoms with van der Waals surface area (Å²) in [6.07, 6.45) is 0. The van der Waals surface area contributed by atoms with Crippen LogP contribution in [0, 0.1) is 13.8 Å². The highest BCUT2D eigenvalue weighted by molar-refractivity contribution is 6.02. The predicted octanol–water partition coefficient (Wildman–Crippen LogP) is 3.31. The molecule has 0 aliphatic carbocycles. The van der Waals surface area contributed by atoms with Crippen LogP contribution in [0.3, 0.4) is 0 Å². The first-order valence-electron chi connectivity index (χ1n) is 8.23. The summed E-state index contributed by atoms with van der Waals surface area (Å²) in [6.45, 7) is 5.32. The van der Waals surface area contributed by atoms with Crippen molar-refractivity contribution in [1.29, 1.82) is 0 Å². The molecule has 6 nitrogen and oxygen atoms in total. The van der Waals surface area contributed by atoms with E-state index in [2.05, 4.69) is 5.32 Å². The monoisotopic (exact) mass is 356 g/mol. The number of anilines is 2. The Morgan fingerprint density at radius 2 is 1.73 bits per heavy atom. The Labute approximate surface area is 153 Å². The number of carbonyl (C=O) groups excluding carboxylic acids is 2. The molecule has 0 radical (unpaired) electrons. The lowest BCUT2D eigenvalue weighted by Crippen LogP contribution is -2.36. The van der Waals surface area contributed by atoms with E-state index in [1.54, 1.807) is 25.3 Å². The van der Waals surface area contributed by atoms with Crippen LogP contribution in [0.2, 0.25) is 0 Å². The van der Waals surface area contributed by atoms with Crippen LogP contribution in [0.5, 0.6) is 11.5 Å². The number of rotatable bonds is 6. The molecule has 2 amide bonds. The molecular formula is C20H24N2O4. The maximum Gasteiger partial charge on any atom is 0.244 e. The van der Waals surface area contributed by atoms with Crippen LogP contribution in [0.15, 0.2) is 36.4 Å². The number of aryl methyl sites for hydroxylation is 2. The zero-order chi connectivity index (χ0) is 19.3. The van der Waals surface area contributed by atoms with Crippen LogP contribution in [0.25, 0.3) is 0 Å². The van der Waals surface area contributed by atoms with Crippen LogP contribution < -0.4 is 19.7 Å². The molecular weight excluding hydrogens is 332 g/mol. The van der Waals surface area contributed by atoms with E-state index in [-0.39, 0.29) is 18.4 Å². The summed E-state index contributed by atoms with van der Waals surface area (Å²) in [6, 6.07) is 10.8. The van der Waals surface area contributed by atoms with Crippen LogP contribution in [-0.2, 0) is 9.59 Å². The van der Waals surface area contributed by atoms with Gasteiger partial charge in [0, 0.05) is 18.7 Å². The van der Waals surface area contributed by atoms with Crippen molar-refractivity contribution >= 4 is 23.2 Å². The molecule has 0 saturated carbocycles. The number of ether oxygens (including phenoxy) is 2. The Kier molecular flexibility index (Phi) is 6.22. The largest absolute Gasteiger partial charge is 0.497 e. The molecule has 0 bridgehead atoms. The normalized spacial score (nSPS) is 10.2. The van der Waals surface area contributed by atoms with Gasteiger partial charge in [-0.2, -0.15) is 0 Å². The van der Waals surface area contributed by atoms with Gasteiger partial charge >= 0.3 is 0 Å². The van der Waals surface area contributed by atoms with E-state index in [4.69, 9.17) is 9.47 Å². The Bertz CT molecular complexity index is 817. The van der Waals surface area contributed by atoms with Gasteiger partial charge in [0.05, 0.1) is 19.9 Å². The maximum absolute atomic E-state index is 12.5. The summed E-state index contributed by atoms with van der Waals surface area (Å²) >= 11 is 0. The predicted molar refractivity (Wildman–Crippen MR) is 102 cm³/mol. The SMILES string of the molecule is COc1ccc(NC(=O)CN(C(C)=O)c2ccc(C)c(C)c2)c(OC)c1. The first kappa shape index (κ1) is 19.3. The van der Waals surface area contributed by atoms with Crippen molar-refractivity contribution < 1.29 is 19.1 Å². The molecule has 2 aromatic rings. The van der Waals surface area contributed by atoms with Crippen LogP contribution in [-0.4, -0.2) is 32.6 Å². The van der Waals surface area contributed by atoms with Gasteiger partial charge in [0.1, 0.15) is 18.0 Å². The summed E-state index contributed by atoms with van der Waals surface area (Å²) < 4.78 is 10.4. The van der Waals surface area contributed by atoms with Gasteiger partial charge in [-0.05, 0) is 49.2 Å². The third kappa shape index (κ3) is 4.53. The highest BCUT2D eigenvalue weighted by atomic mass is 16.5. The molecule has 0 atom stereocenters. The van der Waals surface area contributed by atoms with E-state index in [0.29, 0.717) is 22.9 Å². The summed E-state index contributed by atoms with van der Waals surface area (Å²) in [4.78, 5) is 26.0. The Balaban J connectivity index is 2.18. The lowest BCUT2D eigenvalue weighted by molar-refractivity contribution is -0.120. The second-order valence-corrected chi connectivity index (χ2v) is 5.99. The fourth-order valence-electron chi connectivity index (χ4n) is 2.51. The fraction of sp³-hybridized carbons (Fsp3) is 0.300. The minimum absolute atomic E-state index is 0.0903. The van der Waals surface area contributed by atoms with E-state index >= 15 is 0 Å². The molecule has 0 fully saturated rings. The zero-order valence-corrected chi connectivity index (χ0v) is 15.8. The van der Waals surface area contributed by atoms with Crippen molar-refractivity contribution in [2.75, 3.05) is 31.0 Å². The van der Waals surface area contributed by atoms with Crippen molar-refractivity contribution in [3.63, 3.8) is 0 Å². The van der Waals surface area contributed by atoms with E-state index in [0.717, 1.165) is 11.1 Å². The first-order valence-corrected chi connectivity index (χ1v) is 8.23. The summed E-state index contributed by atoms with van der Waals surface area (Å²) in [5.41, 5.74) is 3.40. The van der Waals surface area contributed by atoms with Crippen LogP contribution >= 0.6 is 0 Å². The van der Waals surface area contributed by atoms with Gasteiger partial charge in [-0.25, -0.2) is 0 Å². The van der Waals surface area contributed by atoms with E-state index in [9.17, 15) is 9.59 Å². The molecule has 0 saturated heterocycles. The third-order valence-electron chi connectivity index (χ3n) is 4.17. The van der Waals surface area contributed by atoms with Crippen molar-refractivity contribution in [1.82, 2.24) is 0 Å². The minimum atomic E-state index is -0.318. The fourth-order valence-corrected chi connectivity index (χ4v) is 2.51. The highest BCUT2D eigenvalue weighted by Gasteiger charge is 2.17. The van der Waals surface area contributed by atoms with Crippen LogP contribution in [0.4, 0.5) is 11.4 Å². The van der Waals surface area contributed by atoms with E-state index in [1.165, 1.54) is 18.9 Å². The van der Waals surface area contributed by atoms with E-state index < -0.39 is 0 Å². The van der Waals surface area contributed by atoms with Gasteiger partial charge in [0.25, 0.3) is 0 Å². The molecule has 138 valence electrons. The van der Waals surface area contributed by atoms with Gasteiger partial charge in [-0.15, -0.1) is 0 Å². The second kappa shape index (κ2) is 8.38. The van der Waals surface area contributed by atoms with Gasteiger partial charge in [0.15, 0.2) is 0 Å². The quantitative estimate of drug-likeness (QED) is 0.862.